The van der Waals surface area contributed by atoms with E-state index in [4.69, 9.17) is 0 Å². The molecule has 1 atom stereocenters. The van der Waals surface area contributed by atoms with Crippen LogP contribution in [0.3, 0.4) is 0 Å². The minimum Gasteiger partial charge on any atom is -0.309 e. The Morgan fingerprint density at radius 3 is 2.29 bits per heavy atom. The minimum absolute atomic E-state index is 0.0895. The second-order valence-electron chi connectivity index (χ2n) is 6.25. The maximum atomic E-state index is 13.8. The van der Waals surface area contributed by atoms with Gasteiger partial charge < -0.3 is 5.43 Å². The number of nitrogens with zero attached hydrogens (tertiary/aromatic N) is 2. The molecule has 150 valence electrons. The van der Waals surface area contributed by atoms with Crippen molar-refractivity contribution in [2.45, 2.75) is 22.9 Å². The van der Waals surface area contributed by atoms with Crippen LogP contribution in [0, 0.1) is 0 Å². The van der Waals surface area contributed by atoms with Gasteiger partial charge in [-0.2, -0.15) is 27.1 Å². The number of benzene rings is 1. The summed E-state index contributed by atoms with van der Waals surface area (Å²) in [5.41, 5.74) is 1.88. The first-order chi connectivity index (χ1) is 12.9. The topological polar surface area (TPSA) is 71.4 Å². The summed E-state index contributed by atoms with van der Waals surface area (Å²) in [5.74, 6) is -6.35. The van der Waals surface area contributed by atoms with E-state index in [2.05, 4.69) is 15.5 Å². The fourth-order valence-corrected chi connectivity index (χ4v) is 3.43. The van der Waals surface area contributed by atoms with E-state index in [0.29, 0.717) is 11.3 Å². The van der Waals surface area contributed by atoms with Gasteiger partial charge in [-0.15, -0.1) is 0 Å². The monoisotopic (exact) mass is 419 g/mol. The number of rotatable bonds is 4. The van der Waals surface area contributed by atoms with E-state index in [1.165, 1.54) is 42.6 Å². The summed E-state index contributed by atoms with van der Waals surface area (Å²) in [6, 6.07) is 8.41. The van der Waals surface area contributed by atoms with Crippen LogP contribution in [0.2, 0.25) is 0 Å². The first-order valence-electron chi connectivity index (χ1n) is 7.93. The molecular weight excluding hydrogens is 405 g/mol. The molecule has 1 aromatic carbocycles. The Morgan fingerprint density at radius 1 is 1.07 bits per heavy atom. The molecule has 1 unspecified atom stereocenters. The number of sulfone groups is 1. The van der Waals surface area contributed by atoms with Crippen LogP contribution in [0.25, 0.3) is 11.3 Å². The second kappa shape index (κ2) is 6.80. The van der Waals surface area contributed by atoms with Crippen LogP contribution in [0.4, 0.5) is 22.0 Å². The van der Waals surface area contributed by atoms with Crippen LogP contribution < -0.4 is 5.43 Å². The fourth-order valence-electron chi connectivity index (χ4n) is 2.80. The van der Waals surface area contributed by atoms with E-state index in [9.17, 15) is 30.4 Å². The van der Waals surface area contributed by atoms with Crippen molar-refractivity contribution in [2.24, 2.45) is 5.10 Å². The molecule has 5 nitrogen and oxygen atoms in total. The molecular formula is C17H14F5N3O2S. The Balaban J connectivity index is 1.95. The van der Waals surface area contributed by atoms with E-state index in [0.717, 1.165) is 6.26 Å². The van der Waals surface area contributed by atoms with Crippen molar-refractivity contribution in [1.29, 1.82) is 0 Å². The van der Waals surface area contributed by atoms with Gasteiger partial charge in [0.25, 0.3) is 0 Å². The van der Waals surface area contributed by atoms with Gasteiger partial charge in [0.1, 0.15) is 5.71 Å². The number of aromatic nitrogens is 1. The van der Waals surface area contributed by atoms with Crippen LogP contribution in [0.15, 0.2) is 52.6 Å². The number of halogens is 5. The molecule has 1 aliphatic heterocycles. The molecule has 1 aromatic heterocycles. The van der Waals surface area contributed by atoms with Crippen molar-refractivity contribution in [2.75, 3.05) is 12.8 Å². The van der Waals surface area contributed by atoms with Gasteiger partial charge >= 0.3 is 12.1 Å². The number of nitrogens with one attached hydrogen (secondary N) is 1. The molecule has 0 radical (unpaired) electrons. The van der Waals surface area contributed by atoms with Gasteiger partial charge in [0.05, 0.1) is 10.6 Å². The van der Waals surface area contributed by atoms with Gasteiger partial charge in [0.2, 0.25) is 0 Å². The molecule has 11 heteroatoms. The van der Waals surface area contributed by atoms with E-state index >= 15 is 0 Å². The summed E-state index contributed by atoms with van der Waals surface area (Å²) in [6.07, 6.45) is -3.42. The maximum absolute atomic E-state index is 13.8. The first kappa shape index (κ1) is 20.2. The van der Waals surface area contributed by atoms with Gasteiger partial charge in [-0.3, -0.25) is 4.98 Å². The lowest BCUT2D eigenvalue weighted by atomic mass is 9.90. The SMILES string of the molecule is CS(=O)(=O)c1ccc(-c2cc(C3CNN=C3C(F)(F)C(F)(F)F)ccn2)cc1. The Kier molecular flexibility index (Phi) is 4.90. The molecule has 1 N–H and O–H groups in total. The molecule has 0 fully saturated rings. The zero-order chi connectivity index (χ0) is 20.7. The highest BCUT2D eigenvalue weighted by molar-refractivity contribution is 7.90. The van der Waals surface area contributed by atoms with Gasteiger partial charge in [0.15, 0.2) is 9.84 Å². The van der Waals surface area contributed by atoms with Crippen molar-refractivity contribution in [3.05, 3.63) is 48.2 Å². The summed E-state index contributed by atoms with van der Waals surface area (Å²) in [5, 5.41) is 3.18. The Bertz CT molecular complexity index is 1020. The van der Waals surface area contributed by atoms with E-state index < -0.39 is 33.6 Å². The van der Waals surface area contributed by atoms with Crippen LogP contribution in [0.1, 0.15) is 11.5 Å². The van der Waals surface area contributed by atoms with E-state index in [1.54, 1.807) is 0 Å². The summed E-state index contributed by atoms with van der Waals surface area (Å²) in [6.45, 7) is -0.211. The van der Waals surface area contributed by atoms with Crippen molar-refractivity contribution < 1.29 is 30.4 Å². The number of alkyl halides is 5. The zero-order valence-corrected chi connectivity index (χ0v) is 15.2. The third kappa shape index (κ3) is 3.71. The highest BCUT2D eigenvalue weighted by Crippen LogP contribution is 2.41. The molecule has 0 spiro atoms. The first-order valence-corrected chi connectivity index (χ1v) is 9.82. The van der Waals surface area contributed by atoms with Crippen LogP contribution in [0.5, 0.6) is 0 Å². The largest absolute Gasteiger partial charge is 0.459 e. The predicted molar refractivity (Wildman–Crippen MR) is 92.0 cm³/mol. The third-order valence-electron chi connectivity index (χ3n) is 4.27. The molecule has 2 heterocycles. The highest BCUT2D eigenvalue weighted by Gasteiger charge is 2.63. The van der Waals surface area contributed by atoms with E-state index in [-0.39, 0.29) is 17.0 Å². The fraction of sp³-hybridized carbons (Fsp3) is 0.294. The van der Waals surface area contributed by atoms with Crippen LogP contribution >= 0.6 is 0 Å². The van der Waals surface area contributed by atoms with Crippen LogP contribution in [-0.2, 0) is 9.84 Å². The van der Waals surface area contributed by atoms with Crippen LogP contribution in [-0.4, -0.2) is 44.0 Å². The zero-order valence-electron chi connectivity index (χ0n) is 14.3. The van der Waals surface area contributed by atoms with Gasteiger partial charge in [-0.1, -0.05) is 12.1 Å². The Morgan fingerprint density at radius 2 is 1.71 bits per heavy atom. The molecule has 0 bridgehead atoms. The lowest BCUT2D eigenvalue weighted by Crippen LogP contribution is -2.45. The molecule has 28 heavy (non-hydrogen) atoms. The summed E-state index contributed by atoms with van der Waals surface area (Å²) >= 11 is 0. The predicted octanol–water partition coefficient (Wildman–Crippen LogP) is 3.39. The third-order valence-corrected chi connectivity index (χ3v) is 5.40. The smallest absolute Gasteiger partial charge is 0.309 e. The quantitative estimate of drug-likeness (QED) is 0.772. The molecule has 0 saturated heterocycles. The molecule has 3 rings (SSSR count). The highest BCUT2D eigenvalue weighted by atomic mass is 32.2. The Labute approximate surface area is 157 Å². The average molecular weight is 419 g/mol. The summed E-state index contributed by atoms with van der Waals surface area (Å²) in [7, 11) is -3.39. The van der Waals surface area contributed by atoms with Crippen molar-refractivity contribution in [3.8, 4) is 11.3 Å². The molecule has 0 amide bonds. The second-order valence-corrected chi connectivity index (χ2v) is 8.27. The summed E-state index contributed by atoms with van der Waals surface area (Å²) in [4.78, 5) is 4.18. The van der Waals surface area contributed by atoms with Gasteiger partial charge in [-0.05, 0) is 29.8 Å². The van der Waals surface area contributed by atoms with E-state index in [1.807, 2.05) is 0 Å². The lowest BCUT2D eigenvalue weighted by Gasteiger charge is -2.23. The average Bonchev–Trinajstić information content (AvgIpc) is 3.11. The van der Waals surface area contributed by atoms with Gasteiger partial charge in [0, 0.05) is 30.5 Å². The number of hydrogen-bond donors (Lipinski definition) is 1. The normalized spacial score (nSPS) is 17.9. The Hall–Kier alpha value is -2.56. The minimum atomic E-state index is -5.76. The molecule has 2 aromatic rings. The van der Waals surface area contributed by atoms with Gasteiger partial charge in [-0.25, -0.2) is 8.42 Å². The number of hydrazone groups is 1. The van der Waals surface area contributed by atoms with Crippen molar-refractivity contribution >= 4 is 15.5 Å². The summed E-state index contributed by atoms with van der Waals surface area (Å²) < 4.78 is 88.8. The van der Waals surface area contributed by atoms with Crippen molar-refractivity contribution in [3.63, 3.8) is 0 Å². The number of pyridine rings is 1. The molecule has 0 saturated carbocycles. The standard InChI is InChI=1S/C17H14F5N3O2S/c1-28(26,27)12-4-2-10(3-5-12)14-8-11(6-7-23-14)13-9-24-25-15(13)16(18,19)17(20,21)22/h2-8,13,24H,9H2,1H3. The van der Waals surface area contributed by atoms with Crippen molar-refractivity contribution in [1.82, 2.24) is 10.4 Å². The maximum Gasteiger partial charge on any atom is 0.459 e. The lowest BCUT2D eigenvalue weighted by molar-refractivity contribution is -0.249. The molecule has 0 aliphatic carbocycles. The number of hydrogen-bond acceptors (Lipinski definition) is 5. The molecule has 1 aliphatic rings.